The Balaban J connectivity index is 1.88. The average Bonchev–Trinajstić information content (AvgIpc) is 2.98. The van der Waals surface area contributed by atoms with Gasteiger partial charge in [-0.25, -0.2) is 0 Å². The van der Waals surface area contributed by atoms with Crippen LogP contribution >= 0.6 is 0 Å². The van der Waals surface area contributed by atoms with E-state index < -0.39 is 11.6 Å². The summed E-state index contributed by atoms with van der Waals surface area (Å²) in [5, 5.41) is 10.3. The largest absolute Gasteiger partial charge is 0.507 e. The number of carbonyl (C=O) groups is 2. The van der Waals surface area contributed by atoms with Crippen LogP contribution in [-0.4, -0.2) is 16.7 Å². The van der Waals surface area contributed by atoms with Crippen molar-refractivity contribution in [2.24, 2.45) is 5.92 Å². The number of rotatable bonds is 3. The molecule has 0 bridgehead atoms. The zero-order chi connectivity index (χ0) is 14.1. The minimum atomic E-state index is -0.529. The topological polar surface area (TPSA) is 54.4 Å². The molecule has 1 aromatic carbocycles. The predicted molar refractivity (Wildman–Crippen MR) is 76.5 cm³/mol. The summed E-state index contributed by atoms with van der Waals surface area (Å²) >= 11 is 0. The minimum Gasteiger partial charge on any atom is -0.507 e. The summed E-state index contributed by atoms with van der Waals surface area (Å²) in [6.07, 6.45) is 6.31. The van der Waals surface area contributed by atoms with E-state index in [2.05, 4.69) is 0 Å². The lowest BCUT2D eigenvalue weighted by Crippen LogP contribution is -2.24. The third-order valence-electron chi connectivity index (χ3n) is 4.47. The molecule has 0 saturated heterocycles. The first-order chi connectivity index (χ1) is 9.68. The van der Waals surface area contributed by atoms with E-state index in [0.717, 1.165) is 6.42 Å². The third kappa shape index (κ3) is 2.17. The lowest BCUT2D eigenvalue weighted by molar-refractivity contribution is -0.112. The van der Waals surface area contributed by atoms with Crippen molar-refractivity contribution in [3.63, 3.8) is 0 Å². The average molecular weight is 270 g/mol. The van der Waals surface area contributed by atoms with Crippen LogP contribution in [0.3, 0.4) is 0 Å². The molecule has 0 amide bonds. The summed E-state index contributed by atoms with van der Waals surface area (Å²) in [5.41, 5.74) is 1.12. The number of aliphatic hydroxyl groups is 1. The SMILES string of the molecule is O=C1C(=O)c2ccccc2C(O)=C1CCC1CCCC1. The fourth-order valence-corrected chi connectivity index (χ4v) is 3.30. The maximum absolute atomic E-state index is 12.1. The summed E-state index contributed by atoms with van der Waals surface area (Å²) in [6, 6.07) is 6.78. The molecule has 1 fully saturated rings. The highest BCUT2D eigenvalue weighted by atomic mass is 16.3. The number of Topliss-reactive ketones (excluding diaryl/α,β-unsaturated/α-hetero) is 2. The number of hydrogen-bond acceptors (Lipinski definition) is 3. The number of carbonyl (C=O) groups excluding carboxylic acids is 2. The van der Waals surface area contributed by atoms with Crippen molar-refractivity contribution in [2.75, 3.05) is 0 Å². The highest BCUT2D eigenvalue weighted by Gasteiger charge is 2.32. The molecular formula is C17H18O3. The van der Waals surface area contributed by atoms with Crippen LogP contribution in [0.1, 0.15) is 54.4 Å². The Morgan fingerprint density at radius 2 is 1.65 bits per heavy atom. The van der Waals surface area contributed by atoms with E-state index in [4.69, 9.17) is 0 Å². The van der Waals surface area contributed by atoms with Gasteiger partial charge in [0.1, 0.15) is 5.76 Å². The van der Waals surface area contributed by atoms with Gasteiger partial charge in [-0.3, -0.25) is 9.59 Å². The van der Waals surface area contributed by atoms with E-state index >= 15 is 0 Å². The van der Waals surface area contributed by atoms with Gasteiger partial charge in [0.25, 0.3) is 0 Å². The van der Waals surface area contributed by atoms with Crippen LogP contribution in [0.2, 0.25) is 0 Å². The smallest absolute Gasteiger partial charge is 0.234 e. The van der Waals surface area contributed by atoms with Crippen molar-refractivity contribution in [3.8, 4) is 0 Å². The van der Waals surface area contributed by atoms with Gasteiger partial charge < -0.3 is 5.11 Å². The van der Waals surface area contributed by atoms with E-state index in [1.807, 2.05) is 0 Å². The van der Waals surface area contributed by atoms with Gasteiger partial charge in [0.15, 0.2) is 0 Å². The first kappa shape index (κ1) is 13.1. The first-order valence-electron chi connectivity index (χ1n) is 7.29. The Labute approximate surface area is 118 Å². The summed E-state index contributed by atoms with van der Waals surface area (Å²) in [4.78, 5) is 24.2. The molecule has 20 heavy (non-hydrogen) atoms. The second kappa shape index (κ2) is 5.23. The van der Waals surface area contributed by atoms with Gasteiger partial charge in [-0.2, -0.15) is 0 Å². The number of benzene rings is 1. The highest BCUT2D eigenvalue weighted by Crippen LogP contribution is 2.34. The van der Waals surface area contributed by atoms with E-state index in [-0.39, 0.29) is 5.76 Å². The first-order valence-corrected chi connectivity index (χ1v) is 7.29. The summed E-state index contributed by atoms with van der Waals surface area (Å²) in [7, 11) is 0. The molecule has 0 aliphatic heterocycles. The Hall–Kier alpha value is -1.90. The number of hydrogen-bond donors (Lipinski definition) is 1. The second-order valence-electron chi connectivity index (χ2n) is 5.72. The van der Waals surface area contributed by atoms with Crippen molar-refractivity contribution in [1.82, 2.24) is 0 Å². The molecule has 1 N–H and O–H groups in total. The molecule has 0 unspecified atom stereocenters. The fraction of sp³-hybridized carbons (Fsp3) is 0.412. The zero-order valence-electron chi connectivity index (χ0n) is 11.4. The highest BCUT2D eigenvalue weighted by molar-refractivity contribution is 6.52. The summed E-state index contributed by atoms with van der Waals surface area (Å²) in [5.74, 6) is -0.377. The van der Waals surface area contributed by atoms with Crippen LogP contribution in [-0.2, 0) is 4.79 Å². The molecular weight excluding hydrogens is 252 g/mol. The molecule has 0 radical (unpaired) electrons. The molecule has 2 aliphatic rings. The molecule has 104 valence electrons. The van der Waals surface area contributed by atoms with E-state index in [9.17, 15) is 14.7 Å². The van der Waals surface area contributed by atoms with Crippen LogP contribution in [0.15, 0.2) is 29.8 Å². The molecule has 0 atom stereocenters. The molecule has 0 aromatic heterocycles. The maximum Gasteiger partial charge on any atom is 0.234 e. The second-order valence-corrected chi connectivity index (χ2v) is 5.72. The molecule has 1 aromatic rings. The van der Waals surface area contributed by atoms with Gasteiger partial charge in [-0.05, 0) is 18.8 Å². The lowest BCUT2D eigenvalue weighted by atomic mass is 9.85. The standard InChI is InChI=1S/C17H18O3/c18-15-12-7-3-4-8-13(12)16(19)17(20)14(15)10-9-11-5-1-2-6-11/h3-4,7-8,11,18H,1-2,5-6,9-10H2. The van der Waals surface area contributed by atoms with Crippen LogP contribution < -0.4 is 0 Å². The Kier molecular flexibility index (Phi) is 3.43. The van der Waals surface area contributed by atoms with Crippen molar-refractivity contribution in [1.29, 1.82) is 0 Å². The van der Waals surface area contributed by atoms with Crippen LogP contribution in [0.5, 0.6) is 0 Å². The summed E-state index contributed by atoms with van der Waals surface area (Å²) < 4.78 is 0. The van der Waals surface area contributed by atoms with Crippen LogP contribution in [0.4, 0.5) is 0 Å². The van der Waals surface area contributed by atoms with Crippen molar-refractivity contribution in [3.05, 3.63) is 41.0 Å². The number of allylic oxidation sites excluding steroid dienone is 1. The molecule has 3 rings (SSSR count). The van der Waals surface area contributed by atoms with Gasteiger partial charge in [0.2, 0.25) is 11.6 Å². The summed E-state index contributed by atoms with van der Waals surface area (Å²) in [6.45, 7) is 0. The quantitative estimate of drug-likeness (QED) is 0.852. The van der Waals surface area contributed by atoms with Gasteiger partial charge >= 0.3 is 0 Å². The predicted octanol–water partition coefficient (Wildman–Crippen LogP) is 3.69. The molecule has 3 nitrogen and oxygen atoms in total. The molecule has 2 aliphatic carbocycles. The van der Waals surface area contributed by atoms with E-state index in [1.54, 1.807) is 24.3 Å². The number of aliphatic hydroxyl groups excluding tert-OH is 1. The molecule has 3 heteroatoms. The molecule has 0 spiro atoms. The third-order valence-corrected chi connectivity index (χ3v) is 4.47. The van der Waals surface area contributed by atoms with E-state index in [0.29, 0.717) is 29.0 Å². The normalized spacial score (nSPS) is 19.6. The fourth-order valence-electron chi connectivity index (χ4n) is 3.30. The Morgan fingerprint density at radius 3 is 2.35 bits per heavy atom. The monoisotopic (exact) mass is 270 g/mol. The number of fused-ring (bicyclic) bond motifs is 1. The van der Waals surface area contributed by atoms with Crippen LogP contribution in [0.25, 0.3) is 5.76 Å². The van der Waals surface area contributed by atoms with Crippen molar-refractivity contribution >= 4 is 17.3 Å². The maximum atomic E-state index is 12.1. The van der Waals surface area contributed by atoms with Crippen molar-refractivity contribution in [2.45, 2.75) is 38.5 Å². The van der Waals surface area contributed by atoms with Gasteiger partial charge in [-0.15, -0.1) is 0 Å². The number of ketones is 2. The lowest BCUT2D eigenvalue weighted by Gasteiger charge is -2.18. The molecule has 0 heterocycles. The Bertz CT molecular complexity index is 592. The van der Waals surface area contributed by atoms with Gasteiger partial charge in [0, 0.05) is 16.7 Å². The van der Waals surface area contributed by atoms with Crippen molar-refractivity contribution < 1.29 is 14.7 Å². The molecule has 1 saturated carbocycles. The zero-order valence-corrected chi connectivity index (χ0v) is 11.4. The minimum absolute atomic E-state index is 0.00296. The van der Waals surface area contributed by atoms with E-state index in [1.165, 1.54) is 25.7 Å². The Morgan fingerprint density at radius 1 is 1.00 bits per heavy atom. The van der Waals surface area contributed by atoms with Crippen LogP contribution in [0, 0.1) is 5.92 Å². The van der Waals surface area contributed by atoms with Gasteiger partial charge in [0.05, 0.1) is 0 Å². The van der Waals surface area contributed by atoms with Gasteiger partial charge in [-0.1, -0.05) is 49.9 Å².